The molecule has 0 aromatic carbocycles. The van der Waals surface area contributed by atoms with Crippen molar-refractivity contribution in [3.63, 3.8) is 0 Å². The van der Waals surface area contributed by atoms with Crippen LogP contribution < -0.4 is 0 Å². The van der Waals surface area contributed by atoms with Crippen LogP contribution >= 0.6 is 0 Å². The summed E-state index contributed by atoms with van der Waals surface area (Å²) in [7, 11) is 0. The maximum atomic E-state index is 9.88. The largest absolute Gasteiger partial charge is 0.387 e. The molecule has 1 aliphatic heterocycles. The fourth-order valence-corrected chi connectivity index (χ4v) is 2.22. The highest BCUT2D eigenvalue weighted by molar-refractivity contribution is 4.99. The molecule has 0 aromatic heterocycles. The molecule has 1 fully saturated rings. The monoisotopic (exact) mass is 316 g/mol. The Hall–Kier alpha value is -0.760. The van der Waals surface area contributed by atoms with Gasteiger partial charge in [0.1, 0.15) is 24.4 Å². The fraction of sp³-hybridized carbons (Fsp3) is 0.750. The first-order valence-electron chi connectivity index (χ1n) is 7.49. The maximum Gasteiger partial charge on any atom is 0.184 e. The number of aliphatic hydroxyl groups excluding tert-OH is 4. The molecule has 0 bridgehead atoms. The van der Waals surface area contributed by atoms with Crippen LogP contribution in [0.2, 0.25) is 0 Å². The van der Waals surface area contributed by atoms with Crippen molar-refractivity contribution in [3.05, 3.63) is 24.3 Å². The van der Waals surface area contributed by atoms with E-state index in [9.17, 15) is 20.4 Å². The molecule has 6 nitrogen and oxygen atoms in total. The third-order valence-electron chi connectivity index (χ3n) is 3.89. The van der Waals surface area contributed by atoms with Gasteiger partial charge in [-0.05, 0) is 33.6 Å². The Labute approximate surface area is 131 Å². The molecule has 0 amide bonds. The SMILES string of the molecule is C=CC(C)(CCC=C(C)C)OCC1OC(O)C(O)C(O)C1O. The molecular formula is C16H28O6. The van der Waals surface area contributed by atoms with Crippen LogP contribution in [0.1, 0.15) is 33.6 Å². The molecule has 0 aromatic rings. The van der Waals surface area contributed by atoms with Crippen molar-refractivity contribution < 1.29 is 29.9 Å². The Balaban J connectivity index is 2.58. The zero-order valence-electron chi connectivity index (χ0n) is 13.5. The van der Waals surface area contributed by atoms with Gasteiger partial charge in [0.15, 0.2) is 6.29 Å². The lowest BCUT2D eigenvalue weighted by Crippen LogP contribution is -2.59. The van der Waals surface area contributed by atoms with Crippen LogP contribution in [0.4, 0.5) is 0 Å². The van der Waals surface area contributed by atoms with Crippen LogP contribution in [-0.2, 0) is 9.47 Å². The van der Waals surface area contributed by atoms with Crippen LogP contribution in [0.15, 0.2) is 24.3 Å². The Morgan fingerprint density at radius 3 is 2.36 bits per heavy atom. The van der Waals surface area contributed by atoms with Crippen LogP contribution in [-0.4, -0.2) is 63.3 Å². The number of hydrogen-bond acceptors (Lipinski definition) is 6. The van der Waals surface area contributed by atoms with E-state index < -0.39 is 36.3 Å². The first kappa shape index (κ1) is 19.3. The van der Waals surface area contributed by atoms with E-state index in [4.69, 9.17) is 9.47 Å². The van der Waals surface area contributed by atoms with Crippen LogP contribution in [0.3, 0.4) is 0 Å². The standard InChI is InChI=1S/C16H28O6/c1-5-16(4,8-6-7-10(2)3)21-9-11-12(17)13(18)14(19)15(20)22-11/h5,7,11-15,17-20H,1,6,8-9H2,2-4H3. The highest BCUT2D eigenvalue weighted by atomic mass is 16.6. The molecule has 6 atom stereocenters. The van der Waals surface area contributed by atoms with Crippen molar-refractivity contribution in [2.24, 2.45) is 0 Å². The van der Waals surface area contributed by atoms with Crippen molar-refractivity contribution in [2.75, 3.05) is 6.61 Å². The predicted octanol–water partition coefficient (Wildman–Crippen LogP) is 0.494. The molecule has 6 heteroatoms. The first-order chi connectivity index (χ1) is 10.2. The minimum atomic E-state index is -1.55. The number of ether oxygens (including phenoxy) is 2. The van der Waals surface area contributed by atoms with E-state index in [1.807, 2.05) is 20.8 Å². The third-order valence-corrected chi connectivity index (χ3v) is 3.89. The number of allylic oxidation sites excluding steroid dienone is 2. The van der Waals surface area contributed by atoms with Crippen molar-refractivity contribution in [2.45, 2.75) is 69.9 Å². The molecular weight excluding hydrogens is 288 g/mol. The van der Waals surface area contributed by atoms with Gasteiger partial charge in [0, 0.05) is 0 Å². The summed E-state index contributed by atoms with van der Waals surface area (Å²) in [5, 5.41) is 38.5. The van der Waals surface area contributed by atoms with Gasteiger partial charge < -0.3 is 29.9 Å². The smallest absolute Gasteiger partial charge is 0.184 e. The molecule has 1 rings (SSSR count). The van der Waals surface area contributed by atoms with Gasteiger partial charge in [0.25, 0.3) is 0 Å². The van der Waals surface area contributed by atoms with E-state index >= 15 is 0 Å². The second kappa shape index (κ2) is 8.19. The van der Waals surface area contributed by atoms with Crippen LogP contribution in [0.5, 0.6) is 0 Å². The molecule has 1 aliphatic rings. The summed E-state index contributed by atoms with van der Waals surface area (Å²) in [4.78, 5) is 0. The maximum absolute atomic E-state index is 9.88. The second-order valence-electron chi connectivity index (χ2n) is 6.18. The predicted molar refractivity (Wildman–Crippen MR) is 82.1 cm³/mol. The Morgan fingerprint density at radius 2 is 1.82 bits per heavy atom. The summed E-state index contributed by atoms with van der Waals surface area (Å²) in [6, 6.07) is 0. The van der Waals surface area contributed by atoms with Crippen molar-refractivity contribution in [3.8, 4) is 0 Å². The fourth-order valence-electron chi connectivity index (χ4n) is 2.22. The average molecular weight is 316 g/mol. The third kappa shape index (κ3) is 5.15. The molecule has 0 aliphatic carbocycles. The molecule has 0 saturated carbocycles. The average Bonchev–Trinajstić information content (AvgIpc) is 2.47. The van der Waals surface area contributed by atoms with E-state index in [1.165, 1.54) is 5.57 Å². The summed E-state index contributed by atoms with van der Waals surface area (Å²) < 4.78 is 10.9. The van der Waals surface area contributed by atoms with Crippen molar-refractivity contribution >= 4 is 0 Å². The van der Waals surface area contributed by atoms with Crippen molar-refractivity contribution in [1.82, 2.24) is 0 Å². The minimum absolute atomic E-state index is 0.0284. The highest BCUT2D eigenvalue weighted by Gasteiger charge is 2.43. The topological polar surface area (TPSA) is 99.4 Å². The molecule has 1 saturated heterocycles. The van der Waals surface area contributed by atoms with Gasteiger partial charge in [-0.3, -0.25) is 0 Å². The lowest BCUT2D eigenvalue weighted by molar-refractivity contribution is -0.291. The van der Waals surface area contributed by atoms with Gasteiger partial charge in [-0.15, -0.1) is 6.58 Å². The summed E-state index contributed by atoms with van der Waals surface area (Å²) in [5.41, 5.74) is 0.610. The van der Waals surface area contributed by atoms with Crippen LogP contribution in [0, 0.1) is 0 Å². The molecule has 22 heavy (non-hydrogen) atoms. The lowest BCUT2D eigenvalue weighted by Gasteiger charge is -2.39. The summed E-state index contributed by atoms with van der Waals surface area (Å²) in [6.07, 6.45) is -1.49. The van der Waals surface area contributed by atoms with E-state index in [-0.39, 0.29) is 6.61 Å². The van der Waals surface area contributed by atoms with E-state index in [1.54, 1.807) is 6.08 Å². The van der Waals surface area contributed by atoms with Gasteiger partial charge in [0.2, 0.25) is 0 Å². The second-order valence-corrected chi connectivity index (χ2v) is 6.18. The molecule has 1 heterocycles. The van der Waals surface area contributed by atoms with Gasteiger partial charge in [-0.25, -0.2) is 0 Å². The van der Waals surface area contributed by atoms with E-state index in [2.05, 4.69) is 12.7 Å². The molecule has 0 radical (unpaired) electrons. The molecule has 128 valence electrons. The van der Waals surface area contributed by atoms with Gasteiger partial charge in [-0.1, -0.05) is 17.7 Å². The minimum Gasteiger partial charge on any atom is -0.387 e. The number of rotatable bonds is 7. The van der Waals surface area contributed by atoms with Gasteiger partial charge in [0.05, 0.1) is 12.2 Å². The Kier molecular flexibility index (Phi) is 7.18. The normalized spacial score (nSPS) is 34.8. The lowest BCUT2D eigenvalue weighted by atomic mass is 9.97. The van der Waals surface area contributed by atoms with Crippen molar-refractivity contribution in [1.29, 1.82) is 0 Å². The van der Waals surface area contributed by atoms with E-state index in [0.717, 1.165) is 6.42 Å². The molecule has 4 N–H and O–H groups in total. The highest BCUT2D eigenvalue weighted by Crippen LogP contribution is 2.24. The van der Waals surface area contributed by atoms with Gasteiger partial charge >= 0.3 is 0 Å². The molecule has 6 unspecified atom stereocenters. The zero-order valence-corrected chi connectivity index (χ0v) is 13.5. The molecule has 0 spiro atoms. The van der Waals surface area contributed by atoms with Gasteiger partial charge in [-0.2, -0.15) is 0 Å². The van der Waals surface area contributed by atoms with E-state index in [0.29, 0.717) is 6.42 Å². The summed E-state index contributed by atoms with van der Waals surface area (Å²) in [5.74, 6) is 0. The first-order valence-corrected chi connectivity index (χ1v) is 7.49. The Bertz CT molecular complexity index is 392. The number of aliphatic hydroxyl groups is 4. The number of hydrogen-bond donors (Lipinski definition) is 4. The zero-order chi connectivity index (χ0) is 16.9. The Morgan fingerprint density at radius 1 is 1.18 bits per heavy atom. The summed E-state index contributed by atoms with van der Waals surface area (Å²) >= 11 is 0. The van der Waals surface area contributed by atoms with Crippen LogP contribution in [0.25, 0.3) is 0 Å². The summed E-state index contributed by atoms with van der Waals surface area (Å²) in [6.45, 7) is 9.65. The quantitative estimate of drug-likeness (QED) is 0.510.